The summed E-state index contributed by atoms with van der Waals surface area (Å²) in [6, 6.07) is 19.6. The van der Waals surface area contributed by atoms with Gasteiger partial charge in [-0.15, -0.1) is 0 Å². The number of hydrogen-bond acceptors (Lipinski definition) is 7. The number of methoxy groups -OCH3 is 1. The van der Waals surface area contributed by atoms with Crippen molar-refractivity contribution in [3.05, 3.63) is 101 Å². The molecule has 0 aliphatic heterocycles. The highest BCUT2D eigenvalue weighted by Gasteiger charge is 2.14. The molecule has 0 aliphatic carbocycles. The van der Waals surface area contributed by atoms with Gasteiger partial charge in [0.05, 0.1) is 25.1 Å². The minimum Gasteiger partial charge on any atom is -0.507 e. The molecule has 3 aromatic rings. The van der Waals surface area contributed by atoms with Crippen molar-refractivity contribution in [2.75, 3.05) is 7.11 Å². The van der Waals surface area contributed by atoms with Crippen LogP contribution in [0.15, 0.2) is 83.0 Å². The Morgan fingerprint density at radius 2 is 1.18 bits per heavy atom. The summed E-state index contributed by atoms with van der Waals surface area (Å²) in [6.07, 6.45) is 2.37. The van der Waals surface area contributed by atoms with Crippen LogP contribution in [0.25, 0.3) is 0 Å². The maximum Gasteiger partial charge on any atom is 0.337 e. The van der Waals surface area contributed by atoms with E-state index in [2.05, 4.69) is 21.1 Å². The second-order valence-electron chi connectivity index (χ2n) is 6.63. The number of carbonyl (C=O) groups excluding carboxylic acids is 3. The molecule has 0 spiro atoms. The molecule has 0 saturated carbocycles. The lowest BCUT2D eigenvalue weighted by atomic mass is 10.0. The Kier molecular flexibility index (Phi) is 7.63. The van der Waals surface area contributed by atoms with Crippen molar-refractivity contribution < 1.29 is 24.2 Å². The molecule has 3 rings (SSSR count). The second-order valence-corrected chi connectivity index (χ2v) is 6.63. The summed E-state index contributed by atoms with van der Waals surface area (Å²) in [5.74, 6) is -1.80. The van der Waals surface area contributed by atoms with Crippen molar-refractivity contribution >= 4 is 30.2 Å². The van der Waals surface area contributed by atoms with E-state index in [1.807, 2.05) is 0 Å². The van der Waals surface area contributed by atoms with Crippen LogP contribution in [0.5, 0.6) is 5.75 Å². The fourth-order valence-corrected chi connectivity index (χ4v) is 2.74. The quantitative estimate of drug-likeness (QED) is 0.293. The number of hydrogen-bond donors (Lipinski definition) is 3. The zero-order valence-electron chi connectivity index (χ0n) is 17.6. The first kappa shape index (κ1) is 22.9. The van der Waals surface area contributed by atoms with Crippen LogP contribution >= 0.6 is 0 Å². The number of phenols is 1. The average Bonchev–Trinajstić information content (AvgIpc) is 2.86. The van der Waals surface area contributed by atoms with Crippen molar-refractivity contribution in [2.24, 2.45) is 10.2 Å². The third-order valence-corrected chi connectivity index (χ3v) is 4.40. The van der Waals surface area contributed by atoms with E-state index < -0.39 is 17.8 Å². The Morgan fingerprint density at radius 1 is 0.758 bits per heavy atom. The summed E-state index contributed by atoms with van der Waals surface area (Å²) in [4.78, 5) is 36.2. The van der Waals surface area contributed by atoms with Crippen LogP contribution in [0.4, 0.5) is 0 Å². The molecule has 3 N–H and O–H groups in total. The van der Waals surface area contributed by atoms with E-state index in [1.54, 1.807) is 60.7 Å². The third kappa shape index (κ3) is 6.11. The molecular weight excluding hydrogens is 424 g/mol. The van der Waals surface area contributed by atoms with Crippen LogP contribution in [-0.4, -0.2) is 42.4 Å². The van der Waals surface area contributed by atoms with E-state index in [0.29, 0.717) is 11.1 Å². The highest BCUT2D eigenvalue weighted by atomic mass is 16.5. The zero-order valence-corrected chi connectivity index (χ0v) is 17.6. The van der Waals surface area contributed by atoms with Crippen molar-refractivity contribution in [3.8, 4) is 5.75 Å². The number of ether oxygens (including phenoxy) is 1. The lowest BCUT2D eigenvalue weighted by Crippen LogP contribution is -2.17. The normalized spacial score (nSPS) is 10.8. The Balaban J connectivity index is 1.80. The SMILES string of the molecule is COC(=O)c1cc(C=NNC(=O)c2ccccc2)c(O)c(C=NNC(=O)c2ccccc2)c1. The molecule has 0 aromatic heterocycles. The first-order chi connectivity index (χ1) is 16.0. The molecule has 0 heterocycles. The van der Waals surface area contributed by atoms with Gasteiger partial charge in [-0.2, -0.15) is 10.2 Å². The smallest absolute Gasteiger partial charge is 0.337 e. The number of amides is 2. The van der Waals surface area contributed by atoms with Gasteiger partial charge in [-0.1, -0.05) is 36.4 Å². The van der Waals surface area contributed by atoms with E-state index in [1.165, 1.54) is 31.7 Å². The number of rotatable bonds is 7. The molecule has 0 fully saturated rings. The minimum atomic E-state index is -0.652. The summed E-state index contributed by atoms with van der Waals surface area (Å²) in [7, 11) is 1.22. The van der Waals surface area contributed by atoms with E-state index in [4.69, 9.17) is 4.74 Å². The van der Waals surface area contributed by atoms with Gasteiger partial charge in [0, 0.05) is 22.3 Å². The summed E-state index contributed by atoms with van der Waals surface area (Å²) in [5.41, 5.74) is 5.87. The highest BCUT2D eigenvalue weighted by Crippen LogP contribution is 2.22. The number of aromatic hydroxyl groups is 1. The van der Waals surface area contributed by atoms with E-state index in [9.17, 15) is 19.5 Å². The van der Waals surface area contributed by atoms with E-state index in [-0.39, 0.29) is 22.4 Å². The van der Waals surface area contributed by atoms with Crippen molar-refractivity contribution in [2.45, 2.75) is 0 Å². The van der Waals surface area contributed by atoms with Crippen LogP contribution in [0.2, 0.25) is 0 Å². The van der Waals surface area contributed by atoms with Gasteiger partial charge in [-0.3, -0.25) is 9.59 Å². The molecule has 0 atom stereocenters. The number of carbonyl (C=O) groups is 3. The van der Waals surface area contributed by atoms with Crippen LogP contribution in [0.1, 0.15) is 42.2 Å². The van der Waals surface area contributed by atoms with Crippen molar-refractivity contribution in [1.82, 2.24) is 10.9 Å². The molecule has 0 saturated heterocycles. The first-order valence-corrected chi connectivity index (χ1v) is 9.72. The van der Waals surface area contributed by atoms with Gasteiger partial charge in [0.2, 0.25) is 0 Å². The molecule has 9 nitrogen and oxygen atoms in total. The number of phenolic OH excluding ortho intramolecular Hbond substituents is 1. The molecule has 2 amide bonds. The van der Waals surface area contributed by atoms with Gasteiger partial charge in [-0.05, 0) is 36.4 Å². The molecule has 0 aliphatic rings. The molecule has 3 aromatic carbocycles. The van der Waals surface area contributed by atoms with Gasteiger partial charge in [0.1, 0.15) is 5.75 Å². The van der Waals surface area contributed by atoms with Gasteiger partial charge in [-0.25, -0.2) is 15.6 Å². The van der Waals surface area contributed by atoms with Crippen molar-refractivity contribution in [1.29, 1.82) is 0 Å². The number of nitrogens with zero attached hydrogens (tertiary/aromatic N) is 2. The predicted octanol–water partition coefficient (Wildman–Crippen LogP) is 2.71. The Morgan fingerprint density at radius 3 is 1.58 bits per heavy atom. The van der Waals surface area contributed by atoms with Crippen LogP contribution < -0.4 is 10.9 Å². The Hall–Kier alpha value is -4.79. The summed E-state index contributed by atoms with van der Waals surface area (Å²) in [5, 5.41) is 18.3. The summed E-state index contributed by atoms with van der Waals surface area (Å²) >= 11 is 0. The molecule has 0 radical (unpaired) electrons. The van der Waals surface area contributed by atoms with Gasteiger partial charge >= 0.3 is 5.97 Å². The maximum atomic E-state index is 12.1. The zero-order chi connectivity index (χ0) is 23.6. The minimum absolute atomic E-state index is 0.113. The van der Waals surface area contributed by atoms with E-state index in [0.717, 1.165) is 0 Å². The number of hydrazone groups is 2. The van der Waals surface area contributed by atoms with Crippen LogP contribution in [0, 0.1) is 0 Å². The van der Waals surface area contributed by atoms with Crippen LogP contribution in [0.3, 0.4) is 0 Å². The number of benzene rings is 3. The third-order valence-electron chi connectivity index (χ3n) is 4.40. The molecule has 0 bridgehead atoms. The van der Waals surface area contributed by atoms with Gasteiger partial charge in [0.25, 0.3) is 11.8 Å². The lowest BCUT2D eigenvalue weighted by molar-refractivity contribution is 0.0600. The fourth-order valence-electron chi connectivity index (χ4n) is 2.74. The predicted molar refractivity (Wildman–Crippen MR) is 122 cm³/mol. The molecule has 0 unspecified atom stereocenters. The van der Waals surface area contributed by atoms with Crippen molar-refractivity contribution in [3.63, 3.8) is 0 Å². The second kappa shape index (κ2) is 11.0. The van der Waals surface area contributed by atoms with E-state index >= 15 is 0 Å². The number of nitrogens with one attached hydrogen (secondary N) is 2. The first-order valence-electron chi connectivity index (χ1n) is 9.72. The summed E-state index contributed by atoms with van der Waals surface area (Å²) < 4.78 is 4.74. The monoisotopic (exact) mass is 444 g/mol. The lowest BCUT2D eigenvalue weighted by Gasteiger charge is -2.07. The van der Waals surface area contributed by atoms with Gasteiger partial charge in [0.15, 0.2) is 0 Å². The fraction of sp³-hybridized carbons (Fsp3) is 0.0417. The molecule has 33 heavy (non-hydrogen) atoms. The Labute approximate surface area is 189 Å². The molecule has 9 heteroatoms. The number of esters is 1. The standard InChI is InChI=1S/C24H20N4O5/c1-33-24(32)18-12-19(14-25-27-22(30)16-8-4-2-5-9-16)21(29)20(13-18)15-26-28-23(31)17-10-6-3-7-11-17/h2-15,29H,1H3,(H,27,30)(H,28,31). The average molecular weight is 444 g/mol. The Bertz CT molecular complexity index is 1120. The molecular formula is C24H20N4O5. The molecule has 166 valence electrons. The summed E-state index contributed by atoms with van der Waals surface area (Å²) in [6.45, 7) is 0. The highest BCUT2D eigenvalue weighted by molar-refractivity contribution is 6.00. The maximum absolute atomic E-state index is 12.1. The topological polar surface area (TPSA) is 129 Å². The van der Waals surface area contributed by atoms with Gasteiger partial charge < -0.3 is 9.84 Å². The van der Waals surface area contributed by atoms with Crippen LogP contribution in [-0.2, 0) is 4.74 Å². The largest absolute Gasteiger partial charge is 0.507 e.